The van der Waals surface area contributed by atoms with Gasteiger partial charge in [-0.25, -0.2) is 14.8 Å². The van der Waals surface area contributed by atoms with E-state index in [0.717, 1.165) is 18.4 Å². The molecule has 1 heterocycles. The molecule has 0 aliphatic heterocycles. The molecule has 2 aromatic rings. The van der Waals surface area contributed by atoms with Gasteiger partial charge in [-0.15, -0.1) is 0 Å². The smallest absolute Gasteiger partial charge is 0.335 e. The van der Waals surface area contributed by atoms with E-state index >= 15 is 0 Å². The number of hydrogen-bond acceptors (Lipinski definition) is 4. The molecule has 0 unspecified atom stereocenters. The lowest BCUT2D eigenvalue weighted by atomic mass is 10.0. The van der Waals surface area contributed by atoms with E-state index in [1.165, 1.54) is 6.33 Å². The Kier molecular flexibility index (Phi) is 2.87. The largest absolute Gasteiger partial charge is 0.490 e. The highest BCUT2D eigenvalue weighted by molar-refractivity contribution is 5.90. The summed E-state index contributed by atoms with van der Waals surface area (Å²) in [5, 5.41) is 9.07. The quantitative estimate of drug-likeness (QED) is 0.909. The van der Waals surface area contributed by atoms with Crippen LogP contribution in [0.25, 0.3) is 11.1 Å². The number of carbonyl (C=O) groups is 1. The van der Waals surface area contributed by atoms with Gasteiger partial charge >= 0.3 is 5.97 Å². The molecular weight excluding hydrogens is 244 g/mol. The van der Waals surface area contributed by atoms with Crippen molar-refractivity contribution < 1.29 is 14.6 Å². The molecule has 0 saturated heterocycles. The summed E-state index contributed by atoms with van der Waals surface area (Å²) in [5.74, 6) is -0.279. The second kappa shape index (κ2) is 4.68. The fourth-order valence-electron chi connectivity index (χ4n) is 1.80. The van der Waals surface area contributed by atoms with E-state index in [2.05, 4.69) is 9.97 Å². The van der Waals surface area contributed by atoms with Crippen LogP contribution in [-0.4, -0.2) is 27.1 Å². The molecule has 19 heavy (non-hydrogen) atoms. The van der Waals surface area contributed by atoms with Crippen molar-refractivity contribution in [1.29, 1.82) is 0 Å². The van der Waals surface area contributed by atoms with Gasteiger partial charge in [0, 0.05) is 23.5 Å². The van der Waals surface area contributed by atoms with Crippen LogP contribution in [0.3, 0.4) is 0 Å². The molecule has 1 aromatic heterocycles. The van der Waals surface area contributed by atoms with Gasteiger partial charge in [-0.1, -0.05) is 0 Å². The lowest BCUT2D eigenvalue weighted by Crippen LogP contribution is -2.01. The molecule has 1 aromatic carbocycles. The molecule has 5 nitrogen and oxygen atoms in total. The molecule has 0 amide bonds. The van der Waals surface area contributed by atoms with Gasteiger partial charge in [-0.05, 0) is 31.0 Å². The van der Waals surface area contributed by atoms with Crippen molar-refractivity contribution in [2.45, 2.75) is 18.9 Å². The standard InChI is InChI=1S/C14H12N2O3/c17-14(18)9-1-4-13(19-11-2-3-11)12(5-9)10-6-15-8-16-7-10/h1,4-8,11H,2-3H2,(H,17,18). The summed E-state index contributed by atoms with van der Waals surface area (Å²) in [6, 6.07) is 4.84. The van der Waals surface area contributed by atoms with Crippen LogP contribution >= 0.6 is 0 Å². The Hall–Kier alpha value is -2.43. The van der Waals surface area contributed by atoms with E-state index < -0.39 is 5.97 Å². The summed E-state index contributed by atoms with van der Waals surface area (Å²) in [5.41, 5.74) is 1.69. The van der Waals surface area contributed by atoms with Crippen molar-refractivity contribution in [3.8, 4) is 16.9 Å². The third-order valence-electron chi connectivity index (χ3n) is 2.92. The number of nitrogens with zero attached hydrogens (tertiary/aromatic N) is 2. The topological polar surface area (TPSA) is 72.3 Å². The maximum absolute atomic E-state index is 11.1. The van der Waals surface area contributed by atoms with Gasteiger partial charge in [-0.2, -0.15) is 0 Å². The van der Waals surface area contributed by atoms with Gasteiger partial charge in [0.25, 0.3) is 0 Å². The van der Waals surface area contributed by atoms with Crippen LogP contribution in [0.1, 0.15) is 23.2 Å². The predicted octanol–water partition coefficient (Wildman–Crippen LogP) is 2.38. The molecule has 3 rings (SSSR count). The fourth-order valence-corrected chi connectivity index (χ4v) is 1.80. The molecule has 5 heteroatoms. The average Bonchev–Trinajstić information content (AvgIpc) is 3.24. The molecule has 1 N–H and O–H groups in total. The molecule has 0 spiro atoms. The number of rotatable bonds is 4. The maximum Gasteiger partial charge on any atom is 0.335 e. The fraction of sp³-hybridized carbons (Fsp3) is 0.214. The normalized spacial score (nSPS) is 14.1. The summed E-state index contributed by atoms with van der Waals surface area (Å²) in [6.07, 6.45) is 7.07. The molecule has 1 saturated carbocycles. The number of aromatic nitrogens is 2. The highest BCUT2D eigenvalue weighted by atomic mass is 16.5. The first-order valence-electron chi connectivity index (χ1n) is 6.03. The van der Waals surface area contributed by atoms with Crippen molar-refractivity contribution in [2.24, 2.45) is 0 Å². The first-order chi connectivity index (χ1) is 9.24. The number of ether oxygens (including phenoxy) is 1. The van der Waals surface area contributed by atoms with E-state index in [0.29, 0.717) is 11.3 Å². The zero-order chi connectivity index (χ0) is 13.2. The lowest BCUT2D eigenvalue weighted by Gasteiger charge is -2.11. The summed E-state index contributed by atoms with van der Waals surface area (Å²) in [6.45, 7) is 0. The van der Waals surface area contributed by atoms with Crippen molar-refractivity contribution >= 4 is 5.97 Å². The van der Waals surface area contributed by atoms with Crippen molar-refractivity contribution in [1.82, 2.24) is 9.97 Å². The van der Waals surface area contributed by atoms with Crippen molar-refractivity contribution in [3.63, 3.8) is 0 Å². The molecule has 0 radical (unpaired) electrons. The molecule has 1 fully saturated rings. The van der Waals surface area contributed by atoms with Gasteiger partial charge in [0.05, 0.1) is 11.7 Å². The van der Waals surface area contributed by atoms with Gasteiger partial charge < -0.3 is 9.84 Å². The Morgan fingerprint density at radius 3 is 2.63 bits per heavy atom. The van der Waals surface area contributed by atoms with Crippen LogP contribution in [0.4, 0.5) is 0 Å². The summed E-state index contributed by atoms with van der Waals surface area (Å²) >= 11 is 0. The van der Waals surface area contributed by atoms with Crippen LogP contribution in [0.5, 0.6) is 5.75 Å². The van der Waals surface area contributed by atoms with Crippen LogP contribution < -0.4 is 4.74 Å². The average molecular weight is 256 g/mol. The molecule has 0 bridgehead atoms. The molecule has 96 valence electrons. The van der Waals surface area contributed by atoms with E-state index in [-0.39, 0.29) is 11.7 Å². The zero-order valence-corrected chi connectivity index (χ0v) is 10.1. The number of benzene rings is 1. The van der Waals surface area contributed by atoms with Gasteiger partial charge in [0.2, 0.25) is 0 Å². The Morgan fingerprint density at radius 2 is 2.00 bits per heavy atom. The minimum atomic E-state index is -0.962. The summed E-state index contributed by atoms with van der Waals surface area (Å²) in [4.78, 5) is 19.0. The number of carboxylic acids is 1. The molecule has 0 atom stereocenters. The monoisotopic (exact) mass is 256 g/mol. The Bertz CT molecular complexity index is 609. The Labute approximate surface area is 109 Å². The number of carboxylic acid groups (broad SMARTS) is 1. The summed E-state index contributed by atoms with van der Waals surface area (Å²) in [7, 11) is 0. The highest BCUT2D eigenvalue weighted by Crippen LogP contribution is 2.35. The first kappa shape index (κ1) is 11.6. The van der Waals surface area contributed by atoms with E-state index in [1.54, 1.807) is 30.6 Å². The predicted molar refractivity (Wildman–Crippen MR) is 68.1 cm³/mol. The van der Waals surface area contributed by atoms with Crippen molar-refractivity contribution in [2.75, 3.05) is 0 Å². The van der Waals surface area contributed by atoms with Crippen molar-refractivity contribution in [3.05, 3.63) is 42.5 Å². The van der Waals surface area contributed by atoms with Crippen LogP contribution in [0, 0.1) is 0 Å². The SMILES string of the molecule is O=C(O)c1ccc(OC2CC2)c(-c2cncnc2)c1. The highest BCUT2D eigenvalue weighted by Gasteiger charge is 2.25. The van der Waals surface area contributed by atoms with Crippen LogP contribution in [0.15, 0.2) is 36.9 Å². The number of hydrogen-bond donors (Lipinski definition) is 1. The Balaban J connectivity index is 2.06. The summed E-state index contributed by atoms with van der Waals surface area (Å²) < 4.78 is 5.80. The van der Waals surface area contributed by atoms with Gasteiger partial charge in [-0.3, -0.25) is 0 Å². The Morgan fingerprint density at radius 1 is 1.26 bits per heavy atom. The minimum Gasteiger partial charge on any atom is -0.490 e. The van der Waals surface area contributed by atoms with Crippen LogP contribution in [0.2, 0.25) is 0 Å². The molecule has 1 aliphatic rings. The third-order valence-corrected chi connectivity index (χ3v) is 2.92. The van der Waals surface area contributed by atoms with E-state index in [9.17, 15) is 4.79 Å². The minimum absolute atomic E-state index is 0.224. The molecular formula is C14H12N2O3. The number of aromatic carboxylic acids is 1. The second-order valence-electron chi connectivity index (χ2n) is 4.46. The van der Waals surface area contributed by atoms with Crippen LogP contribution in [-0.2, 0) is 0 Å². The van der Waals surface area contributed by atoms with E-state index in [4.69, 9.17) is 9.84 Å². The lowest BCUT2D eigenvalue weighted by molar-refractivity contribution is 0.0697. The zero-order valence-electron chi connectivity index (χ0n) is 10.1. The van der Waals surface area contributed by atoms with Gasteiger partial charge in [0.15, 0.2) is 0 Å². The van der Waals surface area contributed by atoms with Gasteiger partial charge in [0.1, 0.15) is 12.1 Å². The maximum atomic E-state index is 11.1. The second-order valence-corrected chi connectivity index (χ2v) is 4.46. The molecule has 1 aliphatic carbocycles. The third kappa shape index (κ3) is 2.54. The van der Waals surface area contributed by atoms with E-state index in [1.807, 2.05) is 0 Å². The first-order valence-corrected chi connectivity index (χ1v) is 6.03.